The number of carbonyl (C=O) groups is 1. The number of rotatable bonds is 5. The Labute approximate surface area is 115 Å². The number of morpholine rings is 1. The molecule has 3 atom stereocenters. The molecule has 1 aliphatic heterocycles. The van der Waals surface area contributed by atoms with Crippen LogP contribution in [0.3, 0.4) is 0 Å². The van der Waals surface area contributed by atoms with Crippen molar-refractivity contribution in [1.29, 1.82) is 0 Å². The van der Waals surface area contributed by atoms with Gasteiger partial charge in [-0.2, -0.15) is 0 Å². The lowest BCUT2D eigenvalue weighted by atomic mass is 9.85. The van der Waals surface area contributed by atoms with Crippen LogP contribution < -0.4 is 5.73 Å². The van der Waals surface area contributed by atoms with E-state index in [1.807, 2.05) is 0 Å². The lowest BCUT2D eigenvalue weighted by Gasteiger charge is -2.34. The molecule has 19 heavy (non-hydrogen) atoms. The molecule has 3 unspecified atom stereocenters. The van der Waals surface area contributed by atoms with Crippen LogP contribution in [0, 0.1) is 5.92 Å². The summed E-state index contributed by atoms with van der Waals surface area (Å²) in [4.78, 5) is 13.7. The Morgan fingerprint density at radius 1 is 1.58 bits per heavy atom. The van der Waals surface area contributed by atoms with Gasteiger partial charge >= 0.3 is 5.97 Å². The summed E-state index contributed by atoms with van der Waals surface area (Å²) in [5, 5.41) is 9.30. The first kappa shape index (κ1) is 14.8. The number of hydrogen-bond acceptors (Lipinski definition) is 4. The summed E-state index contributed by atoms with van der Waals surface area (Å²) in [6.45, 7) is 5.79. The number of carboxylic acids is 1. The van der Waals surface area contributed by atoms with Crippen LogP contribution in [0.2, 0.25) is 0 Å². The summed E-state index contributed by atoms with van der Waals surface area (Å²) in [5.41, 5.74) is 5.08. The van der Waals surface area contributed by atoms with Crippen molar-refractivity contribution in [3.63, 3.8) is 0 Å². The predicted molar refractivity (Wildman–Crippen MR) is 73.0 cm³/mol. The zero-order valence-electron chi connectivity index (χ0n) is 11.8. The van der Waals surface area contributed by atoms with Crippen LogP contribution in [0.15, 0.2) is 0 Å². The van der Waals surface area contributed by atoms with Crippen molar-refractivity contribution in [2.24, 2.45) is 11.7 Å². The molecule has 0 amide bonds. The van der Waals surface area contributed by atoms with Crippen molar-refractivity contribution >= 4 is 5.97 Å². The molecule has 0 aromatic carbocycles. The highest BCUT2D eigenvalue weighted by Gasteiger charge is 2.45. The third kappa shape index (κ3) is 3.27. The fourth-order valence-corrected chi connectivity index (χ4v) is 3.36. The molecule has 2 rings (SSSR count). The summed E-state index contributed by atoms with van der Waals surface area (Å²) in [7, 11) is 0. The lowest BCUT2D eigenvalue weighted by molar-refractivity contribution is -0.145. The second-order valence-electron chi connectivity index (χ2n) is 5.93. The van der Waals surface area contributed by atoms with E-state index in [1.54, 1.807) is 0 Å². The number of nitrogens with zero attached hydrogens (tertiary/aromatic N) is 1. The van der Waals surface area contributed by atoms with Gasteiger partial charge in [-0.05, 0) is 38.1 Å². The molecule has 110 valence electrons. The first-order chi connectivity index (χ1) is 9.06. The molecule has 0 bridgehead atoms. The van der Waals surface area contributed by atoms with Crippen molar-refractivity contribution in [2.75, 3.05) is 26.2 Å². The molecule has 0 spiro atoms. The largest absolute Gasteiger partial charge is 0.480 e. The molecule has 1 saturated heterocycles. The van der Waals surface area contributed by atoms with Gasteiger partial charge in [0, 0.05) is 13.1 Å². The molecule has 2 fully saturated rings. The maximum atomic E-state index is 11.3. The van der Waals surface area contributed by atoms with Gasteiger partial charge in [0.15, 0.2) is 0 Å². The molecule has 1 heterocycles. The molecule has 2 aliphatic rings. The van der Waals surface area contributed by atoms with E-state index in [0.717, 1.165) is 51.9 Å². The Kier molecular flexibility index (Phi) is 4.81. The smallest absolute Gasteiger partial charge is 0.323 e. The zero-order valence-corrected chi connectivity index (χ0v) is 11.8. The number of ether oxygens (including phenoxy) is 1. The monoisotopic (exact) mass is 270 g/mol. The Hall–Kier alpha value is -0.650. The van der Waals surface area contributed by atoms with E-state index in [0.29, 0.717) is 12.5 Å². The quantitative estimate of drug-likeness (QED) is 0.781. The molecule has 1 aliphatic carbocycles. The van der Waals surface area contributed by atoms with Crippen molar-refractivity contribution < 1.29 is 14.6 Å². The molecule has 5 heteroatoms. The van der Waals surface area contributed by atoms with Crippen molar-refractivity contribution in [3.8, 4) is 0 Å². The summed E-state index contributed by atoms with van der Waals surface area (Å²) in [6.07, 6.45) is 4.76. The van der Waals surface area contributed by atoms with Gasteiger partial charge in [-0.3, -0.25) is 9.69 Å². The van der Waals surface area contributed by atoms with Crippen molar-refractivity contribution in [3.05, 3.63) is 0 Å². The third-order valence-corrected chi connectivity index (χ3v) is 4.74. The van der Waals surface area contributed by atoms with E-state index in [-0.39, 0.29) is 5.92 Å². The van der Waals surface area contributed by atoms with E-state index in [9.17, 15) is 9.90 Å². The maximum absolute atomic E-state index is 11.3. The van der Waals surface area contributed by atoms with E-state index in [4.69, 9.17) is 10.5 Å². The molecule has 0 radical (unpaired) electrons. The van der Waals surface area contributed by atoms with Gasteiger partial charge < -0.3 is 15.6 Å². The number of carboxylic acid groups (broad SMARTS) is 1. The fraction of sp³-hybridized carbons (Fsp3) is 0.929. The summed E-state index contributed by atoms with van der Waals surface area (Å²) >= 11 is 0. The third-order valence-electron chi connectivity index (χ3n) is 4.74. The second kappa shape index (κ2) is 6.20. The van der Waals surface area contributed by atoms with Gasteiger partial charge in [0.2, 0.25) is 0 Å². The van der Waals surface area contributed by atoms with Crippen LogP contribution in [0.1, 0.15) is 39.0 Å². The van der Waals surface area contributed by atoms with Gasteiger partial charge in [-0.15, -0.1) is 0 Å². The first-order valence-electron chi connectivity index (χ1n) is 7.42. The number of aliphatic carboxylic acids is 1. The Morgan fingerprint density at radius 2 is 2.37 bits per heavy atom. The SMILES string of the molecule is CCC1CN(CCC2CCCC2(N)C(=O)O)CCO1. The van der Waals surface area contributed by atoms with Crippen LogP contribution in [0.5, 0.6) is 0 Å². The van der Waals surface area contributed by atoms with E-state index in [1.165, 1.54) is 0 Å². The van der Waals surface area contributed by atoms with Crippen LogP contribution in [0.25, 0.3) is 0 Å². The maximum Gasteiger partial charge on any atom is 0.323 e. The lowest BCUT2D eigenvalue weighted by Crippen LogP contribution is -2.52. The fourth-order valence-electron chi connectivity index (χ4n) is 3.36. The Morgan fingerprint density at radius 3 is 3.05 bits per heavy atom. The summed E-state index contributed by atoms with van der Waals surface area (Å²) in [6, 6.07) is 0. The highest BCUT2D eigenvalue weighted by molar-refractivity contribution is 5.79. The summed E-state index contributed by atoms with van der Waals surface area (Å²) < 4.78 is 5.65. The molecule has 3 N–H and O–H groups in total. The molecular weight excluding hydrogens is 244 g/mol. The normalized spacial score (nSPS) is 36.5. The zero-order chi connectivity index (χ0) is 13.9. The van der Waals surface area contributed by atoms with Gasteiger partial charge in [-0.25, -0.2) is 0 Å². The standard InChI is InChI=1S/C14H26N2O3/c1-2-12-10-16(8-9-19-12)7-5-11-4-3-6-14(11,15)13(17)18/h11-12H,2-10,15H2,1H3,(H,17,18). The summed E-state index contributed by atoms with van der Waals surface area (Å²) in [5.74, 6) is -0.712. The van der Waals surface area contributed by atoms with E-state index in [2.05, 4.69) is 11.8 Å². The predicted octanol–water partition coefficient (Wildman–Crippen LogP) is 1.07. The molecule has 1 saturated carbocycles. The van der Waals surface area contributed by atoms with Crippen LogP contribution in [-0.4, -0.2) is 53.9 Å². The Balaban J connectivity index is 1.83. The molecular formula is C14H26N2O3. The minimum absolute atomic E-state index is 0.118. The first-order valence-corrected chi connectivity index (χ1v) is 7.42. The minimum Gasteiger partial charge on any atom is -0.480 e. The Bertz CT molecular complexity index is 324. The van der Waals surface area contributed by atoms with Crippen LogP contribution in [0.4, 0.5) is 0 Å². The molecule has 5 nitrogen and oxygen atoms in total. The topological polar surface area (TPSA) is 75.8 Å². The average Bonchev–Trinajstić information content (AvgIpc) is 2.79. The highest BCUT2D eigenvalue weighted by atomic mass is 16.5. The number of nitrogens with two attached hydrogens (primary N) is 1. The van der Waals surface area contributed by atoms with Crippen molar-refractivity contribution in [2.45, 2.75) is 50.7 Å². The van der Waals surface area contributed by atoms with Gasteiger partial charge in [-0.1, -0.05) is 13.3 Å². The highest BCUT2D eigenvalue weighted by Crippen LogP contribution is 2.36. The van der Waals surface area contributed by atoms with Gasteiger partial charge in [0.1, 0.15) is 5.54 Å². The van der Waals surface area contributed by atoms with E-state index < -0.39 is 11.5 Å². The number of hydrogen-bond donors (Lipinski definition) is 2. The van der Waals surface area contributed by atoms with Gasteiger partial charge in [0.05, 0.1) is 12.7 Å². The van der Waals surface area contributed by atoms with Gasteiger partial charge in [0.25, 0.3) is 0 Å². The van der Waals surface area contributed by atoms with Crippen molar-refractivity contribution in [1.82, 2.24) is 4.90 Å². The molecule has 0 aromatic rings. The molecule has 0 aromatic heterocycles. The van der Waals surface area contributed by atoms with E-state index >= 15 is 0 Å². The van der Waals surface area contributed by atoms with Crippen LogP contribution >= 0.6 is 0 Å². The second-order valence-corrected chi connectivity index (χ2v) is 5.93. The minimum atomic E-state index is -0.990. The van der Waals surface area contributed by atoms with Crippen LogP contribution in [-0.2, 0) is 9.53 Å². The average molecular weight is 270 g/mol.